The SMILES string of the molecule is CC1(N)CCCCC1C(=O)Nc1ccc(CCN2CCC(C(N)=O)CC2)cc1.Cl.Cl. The lowest BCUT2D eigenvalue weighted by atomic mass is 9.74. The molecule has 170 valence electrons. The van der Waals surface area contributed by atoms with E-state index in [0.29, 0.717) is 0 Å². The van der Waals surface area contributed by atoms with Crippen molar-refractivity contribution < 1.29 is 9.59 Å². The zero-order valence-corrected chi connectivity index (χ0v) is 19.4. The lowest BCUT2D eigenvalue weighted by molar-refractivity contribution is -0.123. The minimum Gasteiger partial charge on any atom is -0.369 e. The molecule has 2 fully saturated rings. The summed E-state index contributed by atoms with van der Waals surface area (Å²) in [7, 11) is 0. The molecule has 2 aliphatic rings. The van der Waals surface area contributed by atoms with Gasteiger partial charge in [-0.15, -0.1) is 24.8 Å². The van der Waals surface area contributed by atoms with Gasteiger partial charge in [0.05, 0.1) is 5.92 Å². The smallest absolute Gasteiger partial charge is 0.229 e. The average Bonchev–Trinajstić information content (AvgIpc) is 2.67. The van der Waals surface area contributed by atoms with Gasteiger partial charge >= 0.3 is 0 Å². The van der Waals surface area contributed by atoms with Crippen molar-refractivity contribution >= 4 is 42.3 Å². The van der Waals surface area contributed by atoms with Crippen LogP contribution in [0, 0.1) is 11.8 Å². The molecule has 1 aromatic carbocycles. The minimum atomic E-state index is -0.412. The largest absolute Gasteiger partial charge is 0.369 e. The van der Waals surface area contributed by atoms with Gasteiger partial charge in [-0.05, 0) is 69.8 Å². The van der Waals surface area contributed by atoms with Gasteiger partial charge in [0.15, 0.2) is 0 Å². The van der Waals surface area contributed by atoms with Crippen molar-refractivity contribution in [2.75, 3.05) is 25.0 Å². The van der Waals surface area contributed by atoms with Gasteiger partial charge in [0, 0.05) is 23.7 Å². The molecular formula is C22H36Cl2N4O2. The van der Waals surface area contributed by atoms with E-state index in [1.807, 2.05) is 19.1 Å². The maximum Gasteiger partial charge on any atom is 0.229 e. The van der Waals surface area contributed by atoms with Gasteiger partial charge in [0.1, 0.15) is 0 Å². The van der Waals surface area contributed by atoms with E-state index in [1.54, 1.807) is 0 Å². The monoisotopic (exact) mass is 458 g/mol. The summed E-state index contributed by atoms with van der Waals surface area (Å²) in [6.45, 7) is 4.83. The Bertz CT molecular complexity index is 689. The highest BCUT2D eigenvalue weighted by molar-refractivity contribution is 5.93. The number of amides is 2. The first kappa shape index (κ1) is 26.7. The van der Waals surface area contributed by atoms with Crippen molar-refractivity contribution in [1.82, 2.24) is 4.90 Å². The Morgan fingerprint density at radius 2 is 1.73 bits per heavy atom. The Balaban J connectivity index is 0.00000225. The summed E-state index contributed by atoms with van der Waals surface area (Å²) in [5.74, 6) is -0.210. The molecule has 30 heavy (non-hydrogen) atoms. The predicted molar refractivity (Wildman–Crippen MR) is 126 cm³/mol. The van der Waals surface area contributed by atoms with Crippen LogP contribution in [0.15, 0.2) is 24.3 Å². The van der Waals surface area contributed by atoms with E-state index in [1.165, 1.54) is 5.56 Å². The molecule has 1 heterocycles. The molecule has 1 saturated carbocycles. The van der Waals surface area contributed by atoms with Crippen LogP contribution in [0.25, 0.3) is 0 Å². The second kappa shape index (κ2) is 11.9. The first-order valence-electron chi connectivity index (χ1n) is 10.6. The van der Waals surface area contributed by atoms with Crippen molar-refractivity contribution in [3.05, 3.63) is 29.8 Å². The summed E-state index contributed by atoms with van der Waals surface area (Å²) < 4.78 is 0. The zero-order chi connectivity index (χ0) is 20.1. The third-order valence-electron chi connectivity index (χ3n) is 6.50. The molecule has 1 aliphatic heterocycles. The number of likely N-dealkylation sites (tertiary alicyclic amines) is 1. The number of hydrogen-bond donors (Lipinski definition) is 3. The number of primary amides is 1. The Morgan fingerprint density at radius 3 is 2.30 bits per heavy atom. The number of carbonyl (C=O) groups is 2. The van der Waals surface area contributed by atoms with Crippen molar-refractivity contribution in [2.45, 2.75) is 57.4 Å². The first-order chi connectivity index (χ1) is 13.3. The maximum absolute atomic E-state index is 12.6. The zero-order valence-electron chi connectivity index (χ0n) is 17.8. The van der Waals surface area contributed by atoms with E-state index in [-0.39, 0.29) is 48.5 Å². The molecular weight excluding hydrogens is 423 g/mol. The number of carbonyl (C=O) groups excluding carboxylic acids is 2. The highest BCUT2D eigenvalue weighted by Gasteiger charge is 2.37. The summed E-state index contributed by atoms with van der Waals surface area (Å²) in [5.41, 5.74) is 13.4. The summed E-state index contributed by atoms with van der Waals surface area (Å²) in [6.07, 6.45) is 6.62. The quantitative estimate of drug-likeness (QED) is 0.609. The maximum atomic E-state index is 12.6. The van der Waals surface area contributed by atoms with Gasteiger partial charge in [-0.2, -0.15) is 0 Å². The van der Waals surface area contributed by atoms with Gasteiger partial charge in [0.2, 0.25) is 11.8 Å². The fraction of sp³-hybridized carbons (Fsp3) is 0.636. The fourth-order valence-corrected chi connectivity index (χ4v) is 4.50. The third-order valence-corrected chi connectivity index (χ3v) is 6.50. The number of piperidine rings is 1. The molecule has 0 radical (unpaired) electrons. The molecule has 6 nitrogen and oxygen atoms in total. The third kappa shape index (κ3) is 7.12. The van der Waals surface area contributed by atoms with Crippen LogP contribution in [0.2, 0.25) is 0 Å². The molecule has 1 aromatic rings. The van der Waals surface area contributed by atoms with Crippen LogP contribution < -0.4 is 16.8 Å². The molecule has 2 amide bonds. The molecule has 0 aromatic heterocycles. The number of nitrogens with zero attached hydrogens (tertiary/aromatic N) is 1. The van der Waals surface area contributed by atoms with Gasteiger partial charge in [-0.25, -0.2) is 0 Å². The van der Waals surface area contributed by atoms with E-state index >= 15 is 0 Å². The topological polar surface area (TPSA) is 101 Å². The normalized spacial score (nSPS) is 24.9. The number of nitrogens with two attached hydrogens (primary N) is 2. The van der Waals surface area contributed by atoms with Crippen LogP contribution >= 0.6 is 24.8 Å². The number of anilines is 1. The molecule has 2 unspecified atom stereocenters. The van der Waals surface area contributed by atoms with Crippen LogP contribution in [0.3, 0.4) is 0 Å². The molecule has 3 rings (SSSR count). The van der Waals surface area contributed by atoms with Gasteiger partial charge in [-0.1, -0.05) is 25.0 Å². The standard InChI is InChI=1S/C22H34N4O2.2ClH/c1-22(24)12-3-2-4-19(22)21(28)25-18-7-5-16(6-8-18)9-13-26-14-10-17(11-15-26)20(23)27;;/h5-8,17,19H,2-4,9-15,24H2,1H3,(H2,23,27)(H,25,28);2*1H. The van der Waals surface area contributed by atoms with E-state index in [4.69, 9.17) is 11.5 Å². The summed E-state index contributed by atoms with van der Waals surface area (Å²) in [5, 5.41) is 3.04. The number of rotatable bonds is 6. The van der Waals surface area contributed by atoms with Crippen LogP contribution in [-0.4, -0.2) is 41.9 Å². The Kier molecular flexibility index (Phi) is 10.6. The molecule has 0 bridgehead atoms. The Morgan fingerprint density at radius 1 is 1.10 bits per heavy atom. The fourth-order valence-electron chi connectivity index (χ4n) is 4.50. The molecule has 8 heteroatoms. The molecule has 1 aliphatic carbocycles. The van der Waals surface area contributed by atoms with E-state index < -0.39 is 5.54 Å². The van der Waals surface area contributed by atoms with Crippen LogP contribution in [0.4, 0.5) is 5.69 Å². The Hall–Kier alpha value is -1.34. The molecule has 5 N–H and O–H groups in total. The second-order valence-corrected chi connectivity index (χ2v) is 8.76. The van der Waals surface area contributed by atoms with Crippen molar-refractivity contribution in [3.63, 3.8) is 0 Å². The Labute approximate surface area is 192 Å². The van der Waals surface area contributed by atoms with Gasteiger partial charge < -0.3 is 21.7 Å². The number of benzene rings is 1. The number of halogens is 2. The molecule has 2 atom stereocenters. The van der Waals surface area contributed by atoms with Crippen LogP contribution in [0.1, 0.15) is 51.0 Å². The lowest BCUT2D eigenvalue weighted by Crippen LogP contribution is -2.51. The molecule has 1 saturated heterocycles. The molecule has 0 spiro atoms. The predicted octanol–water partition coefficient (Wildman–Crippen LogP) is 3.12. The summed E-state index contributed by atoms with van der Waals surface area (Å²) in [4.78, 5) is 26.3. The number of hydrogen-bond acceptors (Lipinski definition) is 4. The summed E-state index contributed by atoms with van der Waals surface area (Å²) >= 11 is 0. The van der Waals surface area contributed by atoms with E-state index in [0.717, 1.165) is 70.3 Å². The van der Waals surface area contributed by atoms with Crippen molar-refractivity contribution in [3.8, 4) is 0 Å². The lowest BCUT2D eigenvalue weighted by Gasteiger charge is -2.37. The highest BCUT2D eigenvalue weighted by Crippen LogP contribution is 2.32. The van der Waals surface area contributed by atoms with Crippen molar-refractivity contribution in [1.29, 1.82) is 0 Å². The van der Waals surface area contributed by atoms with Gasteiger partial charge in [-0.3, -0.25) is 9.59 Å². The van der Waals surface area contributed by atoms with Crippen molar-refractivity contribution in [2.24, 2.45) is 23.3 Å². The summed E-state index contributed by atoms with van der Waals surface area (Å²) in [6, 6.07) is 8.11. The van der Waals surface area contributed by atoms with Gasteiger partial charge in [0.25, 0.3) is 0 Å². The minimum absolute atomic E-state index is 0. The van der Waals surface area contributed by atoms with Crippen LogP contribution in [0.5, 0.6) is 0 Å². The average molecular weight is 459 g/mol. The first-order valence-corrected chi connectivity index (χ1v) is 10.6. The van der Waals surface area contributed by atoms with E-state index in [2.05, 4.69) is 22.3 Å². The van der Waals surface area contributed by atoms with Crippen LogP contribution in [-0.2, 0) is 16.0 Å². The second-order valence-electron chi connectivity index (χ2n) is 8.76. The number of nitrogens with one attached hydrogen (secondary N) is 1. The van der Waals surface area contributed by atoms with E-state index in [9.17, 15) is 9.59 Å². The highest BCUT2D eigenvalue weighted by atomic mass is 35.5.